The van der Waals surface area contributed by atoms with Crippen LogP contribution in [0.15, 0.2) is 40.3 Å². The van der Waals surface area contributed by atoms with Gasteiger partial charge in [0.1, 0.15) is 5.52 Å². The van der Waals surface area contributed by atoms with Gasteiger partial charge in [-0.2, -0.15) is 0 Å². The number of carbonyl (C=O) groups excluding carboxylic acids is 2. The molecule has 0 unspecified atom stereocenters. The molecular weight excluding hydrogens is 388 g/mol. The van der Waals surface area contributed by atoms with Crippen LogP contribution >= 0.6 is 11.8 Å². The van der Waals surface area contributed by atoms with Crippen LogP contribution in [0.1, 0.15) is 42.7 Å². The lowest BCUT2D eigenvalue weighted by Crippen LogP contribution is -2.24. The maximum atomic E-state index is 12.9. The first-order valence-electron chi connectivity index (χ1n) is 9.53. The van der Waals surface area contributed by atoms with Gasteiger partial charge in [0.05, 0.1) is 11.3 Å². The number of rotatable bonds is 8. The predicted molar refractivity (Wildman–Crippen MR) is 116 cm³/mol. The lowest BCUT2D eigenvalue weighted by molar-refractivity contribution is -0.113. The number of anilines is 1. The summed E-state index contributed by atoms with van der Waals surface area (Å²) in [5.41, 5.74) is 2.96. The van der Waals surface area contributed by atoms with E-state index >= 15 is 0 Å². The molecule has 7 nitrogen and oxygen atoms in total. The highest BCUT2D eigenvalue weighted by Crippen LogP contribution is 2.20. The molecule has 3 aromatic rings. The molecule has 29 heavy (non-hydrogen) atoms. The van der Waals surface area contributed by atoms with Crippen molar-refractivity contribution in [3.8, 4) is 0 Å². The summed E-state index contributed by atoms with van der Waals surface area (Å²) in [5.74, 6) is -0.176. The van der Waals surface area contributed by atoms with Gasteiger partial charge in [0.2, 0.25) is 5.91 Å². The summed E-state index contributed by atoms with van der Waals surface area (Å²) >= 11 is 1.23. The normalized spacial score (nSPS) is 11.0. The molecule has 0 saturated carbocycles. The van der Waals surface area contributed by atoms with Crippen molar-refractivity contribution in [3.05, 3.63) is 51.9 Å². The molecule has 0 radical (unpaired) electrons. The zero-order chi connectivity index (χ0) is 21.0. The Hall–Kier alpha value is -2.87. The molecule has 0 aliphatic rings. The van der Waals surface area contributed by atoms with E-state index in [2.05, 4.69) is 22.2 Å². The van der Waals surface area contributed by atoms with Crippen molar-refractivity contribution >= 4 is 40.2 Å². The standard InChI is InChI=1S/C21H24N4O3S/c1-4-5-9-25-20(28)19-17(10-13(2)22-19)24-21(25)29-12-18(27)23-16-8-6-7-15(11-16)14(3)26/h6-8,10-11,22H,4-5,9,12H2,1-3H3,(H,23,27). The minimum absolute atomic E-state index is 0.0605. The van der Waals surface area contributed by atoms with E-state index in [1.165, 1.54) is 18.7 Å². The third kappa shape index (κ3) is 4.95. The number of hydrogen-bond donors (Lipinski definition) is 2. The van der Waals surface area contributed by atoms with Crippen LogP contribution in [0.4, 0.5) is 5.69 Å². The third-order valence-electron chi connectivity index (χ3n) is 4.46. The molecule has 0 saturated heterocycles. The second kappa shape index (κ2) is 9.09. The summed E-state index contributed by atoms with van der Waals surface area (Å²) in [6.45, 7) is 5.98. The minimum Gasteiger partial charge on any atom is -0.353 e. The molecule has 152 valence electrons. The highest BCUT2D eigenvalue weighted by atomic mass is 32.2. The van der Waals surface area contributed by atoms with Crippen LogP contribution in [0.2, 0.25) is 0 Å². The van der Waals surface area contributed by atoms with E-state index in [1.54, 1.807) is 28.8 Å². The summed E-state index contributed by atoms with van der Waals surface area (Å²) < 4.78 is 1.64. The van der Waals surface area contributed by atoms with E-state index < -0.39 is 0 Å². The highest BCUT2D eigenvalue weighted by Gasteiger charge is 2.15. The number of nitrogens with one attached hydrogen (secondary N) is 2. The SMILES string of the molecule is CCCCn1c(SCC(=O)Nc2cccc(C(C)=O)c2)nc2cc(C)[nH]c2c1=O. The van der Waals surface area contributed by atoms with Gasteiger partial charge in [0.15, 0.2) is 10.9 Å². The van der Waals surface area contributed by atoms with Gasteiger partial charge in [-0.05, 0) is 38.5 Å². The third-order valence-corrected chi connectivity index (χ3v) is 5.43. The number of thioether (sulfide) groups is 1. The molecular formula is C21H24N4O3S. The number of ketones is 1. The summed E-state index contributed by atoms with van der Waals surface area (Å²) in [4.78, 5) is 44.4. The van der Waals surface area contributed by atoms with Gasteiger partial charge in [-0.3, -0.25) is 19.0 Å². The van der Waals surface area contributed by atoms with Crippen molar-refractivity contribution in [1.29, 1.82) is 0 Å². The van der Waals surface area contributed by atoms with Gasteiger partial charge in [-0.15, -0.1) is 0 Å². The van der Waals surface area contributed by atoms with Crippen molar-refractivity contribution in [1.82, 2.24) is 14.5 Å². The predicted octanol–water partition coefficient (Wildman–Crippen LogP) is 3.77. The molecule has 1 amide bonds. The average molecular weight is 413 g/mol. The Labute approximate surface area is 172 Å². The molecule has 1 aromatic carbocycles. The maximum Gasteiger partial charge on any atom is 0.278 e. The summed E-state index contributed by atoms with van der Waals surface area (Å²) in [6.07, 6.45) is 1.80. The number of hydrogen-bond acceptors (Lipinski definition) is 5. The van der Waals surface area contributed by atoms with Gasteiger partial charge in [-0.1, -0.05) is 37.2 Å². The van der Waals surface area contributed by atoms with Crippen molar-refractivity contribution in [2.45, 2.75) is 45.3 Å². The van der Waals surface area contributed by atoms with Crippen LogP contribution in [-0.2, 0) is 11.3 Å². The number of amides is 1. The molecule has 8 heteroatoms. The fourth-order valence-electron chi connectivity index (χ4n) is 2.98. The van der Waals surface area contributed by atoms with Gasteiger partial charge in [0, 0.05) is 23.5 Å². The Kier molecular flexibility index (Phi) is 6.53. The Bertz CT molecular complexity index is 1120. The van der Waals surface area contributed by atoms with Crippen LogP contribution in [-0.4, -0.2) is 32.0 Å². The molecule has 2 aromatic heterocycles. The Balaban J connectivity index is 1.78. The van der Waals surface area contributed by atoms with Crippen molar-refractivity contribution in [2.24, 2.45) is 0 Å². The van der Waals surface area contributed by atoms with Crippen LogP contribution in [0.25, 0.3) is 11.0 Å². The molecule has 3 rings (SSSR count). The average Bonchev–Trinajstić information content (AvgIpc) is 3.06. The largest absolute Gasteiger partial charge is 0.353 e. The molecule has 0 atom stereocenters. The second-order valence-electron chi connectivity index (χ2n) is 6.89. The van der Waals surface area contributed by atoms with Gasteiger partial charge >= 0.3 is 0 Å². The zero-order valence-electron chi connectivity index (χ0n) is 16.7. The van der Waals surface area contributed by atoms with Crippen LogP contribution in [0, 0.1) is 6.92 Å². The van der Waals surface area contributed by atoms with Gasteiger partial charge < -0.3 is 10.3 Å². The monoisotopic (exact) mass is 412 g/mol. The van der Waals surface area contributed by atoms with E-state index in [4.69, 9.17) is 0 Å². The van der Waals surface area contributed by atoms with Crippen LogP contribution in [0.5, 0.6) is 0 Å². The summed E-state index contributed by atoms with van der Waals surface area (Å²) in [5, 5.41) is 3.32. The van der Waals surface area contributed by atoms with E-state index in [-0.39, 0.29) is 23.0 Å². The summed E-state index contributed by atoms with van der Waals surface area (Å²) in [7, 11) is 0. The second-order valence-corrected chi connectivity index (χ2v) is 7.83. The number of unbranched alkanes of at least 4 members (excludes halogenated alkanes) is 1. The van der Waals surface area contributed by atoms with Gasteiger partial charge in [0.25, 0.3) is 5.56 Å². The highest BCUT2D eigenvalue weighted by molar-refractivity contribution is 7.99. The topological polar surface area (TPSA) is 96.8 Å². The Morgan fingerprint density at radius 1 is 1.28 bits per heavy atom. The van der Waals surface area contributed by atoms with E-state index in [0.29, 0.717) is 34.0 Å². The van der Waals surface area contributed by atoms with Crippen molar-refractivity contribution < 1.29 is 9.59 Å². The van der Waals surface area contributed by atoms with Crippen LogP contribution < -0.4 is 10.9 Å². The molecule has 2 heterocycles. The lowest BCUT2D eigenvalue weighted by atomic mass is 10.1. The van der Waals surface area contributed by atoms with Gasteiger partial charge in [-0.25, -0.2) is 4.98 Å². The van der Waals surface area contributed by atoms with Crippen LogP contribution in [0.3, 0.4) is 0 Å². The van der Waals surface area contributed by atoms with E-state index in [0.717, 1.165) is 18.5 Å². The molecule has 2 N–H and O–H groups in total. The van der Waals surface area contributed by atoms with E-state index in [9.17, 15) is 14.4 Å². The number of aromatic amines is 1. The number of aryl methyl sites for hydroxylation is 1. The lowest BCUT2D eigenvalue weighted by Gasteiger charge is -2.11. The maximum absolute atomic E-state index is 12.9. The number of fused-ring (bicyclic) bond motifs is 1. The van der Waals surface area contributed by atoms with Crippen molar-refractivity contribution in [3.63, 3.8) is 0 Å². The molecule has 0 aliphatic carbocycles. The number of carbonyl (C=O) groups is 2. The zero-order valence-corrected chi connectivity index (χ0v) is 17.6. The fourth-order valence-corrected chi connectivity index (χ4v) is 3.80. The smallest absolute Gasteiger partial charge is 0.278 e. The number of nitrogens with zero attached hydrogens (tertiary/aromatic N) is 2. The number of H-pyrrole nitrogens is 1. The first-order chi connectivity index (χ1) is 13.9. The minimum atomic E-state index is -0.225. The van der Waals surface area contributed by atoms with E-state index in [1.807, 2.05) is 13.0 Å². The fraction of sp³-hybridized carbons (Fsp3) is 0.333. The number of benzene rings is 1. The Morgan fingerprint density at radius 3 is 2.79 bits per heavy atom. The molecule has 0 bridgehead atoms. The summed E-state index contributed by atoms with van der Waals surface area (Å²) in [6, 6.07) is 8.65. The molecule has 0 spiro atoms. The first-order valence-corrected chi connectivity index (χ1v) is 10.5. The quantitative estimate of drug-likeness (QED) is 0.333. The first kappa shape index (κ1) is 20.9. The number of aromatic nitrogens is 3. The van der Waals surface area contributed by atoms with Crippen molar-refractivity contribution in [2.75, 3.05) is 11.1 Å². The molecule has 0 aliphatic heterocycles. The molecule has 0 fully saturated rings. The number of Topliss-reactive ketones (excluding diaryl/α,β-unsaturated/α-hetero) is 1. The Morgan fingerprint density at radius 2 is 2.07 bits per heavy atom.